The monoisotopic (exact) mass is 347 g/mol. The van der Waals surface area contributed by atoms with Crippen molar-refractivity contribution in [2.24, 2.45) is 4.99 Å². The lowest BCUT2D eigenvalue weighted by Gasteiger charge is -2.21. The molecule has 0 saturated carbocycles. The van der Waals surface area contributed by atoms with Gasteiger partial charge in [-0.15, -0.1) is 0 Å². The van der Waals surface area contributed by atoms with Crippen molar-refractivity contribution in [2.45, 2.75) is 19.9 Å². The quantitative estimate of drug-likeness (QED) is 0.577. The molecule has 1 aliphatic rings. The Balaban J connectivity index is 1.78. The number of rotatable bonds is 7. The fourth-order valence-electron chi connectivity index (χ4n) is 2.90. The lowest BCUT2D eigenvalue weighted by molar-refractivity contribution is 0.280. The van der Waals surface area contributed by atoms with E-state index in [1.165, 1.54) is 25.1 Å². The van der Waals surface area contributed by atoms with Crippen LogP contribution in [-0.2, 0) is 6.54 Å². The Kier molecular flexibility index (Phi) is 8.55. The molecule has 25 heavy (non-hydrogen) atoms. The highest BCUT2D eigenvalue weighted by molar-refractivity contribution is 5.79. The number of nitrogens with zero attached hydrogens (tertiary/aromatic N) is 3. The van der Waals surface area contributed by atoms with Crippen molar-refractivity contribution in [3.05, 3.63) is 29.8 Å². The normalized spacial score (nSPS) is 17.2. The third-order valence-corrected chi connectivity index (χ3v) is 4.46. The van der Waals surface area contributed by atoms with Gasteiger partial charge >= 0.3 is 0 Å². The van der Waals surface area contributed by atoms with Crippen molar-refractivity contribution in [1.82, 2.24) is 20.4 Å². The fraction of sp³-hybridized carbons (Fsp3) is 0.632. The number of hydrogen-bond acceptors (Lipinski definition) is 4. The maximum Gasteiger partial charge on any atom is 0.191 e. The molecule has 0 unspecified atom stereocenters. The van der Waals surface area contributed by atoms with Gasteiger partial charge in [0.05, 0.1) is 13.7 Å². The van der Waals surface area contributed by atoms with Crippen LogP contribution >= 0.6 is 0 Å². The molecule has 0 aliphatic carbocycles. The van der Waals surface area contributed by atoms with Crippen LogP contribution in [0.15, 0.2) is 29.3 Å². The number of hydrogen-bond donors (Lipinski definition) is 2. The van der Waals surface area contributed by atoms with Crippen molar-refractivity contribution in [3.8, 4) is 5.75 Å². The van der Waals surface area contributed by atoms with Gasteiger partial charge in [0.25, 0.3) is 0 Å². The van der Waals surface area contributed by atoms with Crippen LogP contribution in [0.25, 0.3) is 0 Å². The number of ether oxygens (including phenoxy) is 1. The summed E-state index contributed by atoms with van der Waals surface area (Å²) in [6.07, 6.45) is 1.25. The highest BCUT2D eigenvalue weighted by Crippen LogP contribution is 2.11. The van der Waals surface area contributed by atoms with E-state index in [1.54, 1.807) is 7.11 Å². The topological polar surface area (TPSA) is 52.1 Å². The van der Waals surface area contributed by atoms with E-state index in [2.05, 4.69) is 51.5 Å². The summed E-state index contributed by atoms with van der Waals surface area (Å²) in [5.74, 6) is 1.76. The Bertz CT molecular complexity index is 517. The van der Waals surface area contributed by atoms with Gasteiger partial charge in [-0.2, -0.15) is 0 Å². The summed E-state index contributed by atoms with van der Waals surface area (Å²) in [6, 6.07) is 8.06. The van der Waals surface area contributed by atoms with E-state index in [0.29, 0.717) is 6.54 Å². The van der Waals surface area contributed by atoms with E-state index in [9.17, 15) is 0 Å². The summed E-state index contributed by atoms with van der Waals surface area (Å²) in [4.78, 5) is 9.62. The Morgan fingerprint density at radius 2 is 1.92 bits per heavy atom. The van der Waals surface area contributed by atoms with Gasteiger partial charge in [0.15, 0.2) is 5.96 Å². The summed E-state index contributed by atoms with van der Waals surface area (Å²) in [5, 5.41) is 6.77. The second kappa shape index (κ2) is 10.9. The molecule has 0 radical (unpaired) electrons. The predicted octanol–water partition coefficient (Wildman–Crippen LogP) is 1.39. The molecule has 0 spiro atoms. The van der Waals surface area contributed by atoms with Gasteiger partial charge in [-0.3, -0.25) is 0 Å². The van der Waals surface area contributed by atoms with Gasteiger partial charge in [0.1, 0.15) is 5.75 Å². The molecular weight excluding hydrogens is 314 g/mol. The van der Waals surface area contributed by atoms with E-state index in [1.807, 2.05) is 12.1 Å². The van der Waals surface area contributed by atoms with Crippen molar-refractivity contribution in [2.75, 3.05) is 60.0 Å². The molecule has 0 amide bonds. The van der Waals surface area contributed by atoms with Crippen LogP contribution in [0.1, 0.15) is 18.9 Å². The van der Waals surface area contributed by atoms with Gasteiger partial charge < -0.3 is 25.2 Å². The van der Waals surface area contributed by atoms with Crippen LogP contribution in [-0.4, -0.2) is 75.7 Å². The SMILES string of the molecule is CCNC(=NCc1ccc(OC)cc1)NCCN1CCCN(C)CC1. The molecule has 1 aromatic rings. The third-order valence-electron chi connectivity index (χ3n) is 4.46. The first-order chi connectivity index (χ1) is 12.2. The minimum absolute atomic E-state index is 0.661. The molecule has 2 N–H and O–H groups in total. The molecule has 0 atom stereocenters. The van der Waals surface area contributed by atoms with E-state index < -0.39 is 0 Å². The molecular formula is C19H33N5O. The molecule has 0 aromatic heterocycles. The van der Waals surface area contributed by atoms with E-state index in [-0.39, 0.29) is 0 Å². The van der Waals surface area contributed by atoms with Crippen molar-refractivity contribution in [3.63, 3.8) is 0 Å². The summed E-state index contributed by atoms with van der Waals surface area (Å²) in [6.45, 7) is 10.3. The zero-order chi connectivity index (χ0) is 17.9. The minimum atomic E-state index is 0.661. The number of aliphatic imine (C=N–C) groups is 1. The Hall–Kier alpha value is -1.79. The fourth-order valence-corrected chi connectivity index (χ4v) is 2.90. The van der Waals surface area contributed by atoms with Gasteiger partial charge in [-0.25, -0.2) is 4.99 Å². The van der Waals surface area contributed by atoms with E-state index >= 15 is 0 Å². The summed E-state index contributed by atoms with van der Waals surface area (Å²) >= 11 is 0. The van der Waals surface area contributed by atoms with Gasteiger partial charge in [-0.1, -0.05) is 12.1 Å². The first kappa shape index (κ1) is 19.5. The Labute approximate surface area is 152 Å². The zero-order valence-corrected chi connectivity index (χ0v) is 15.9. The zero-order valence-electron chi connectivity index (χ0n) is 15.9. The van der Waals surface area contributed by atoms with Gasteiger partial charge in [-0.05, 0) is 51.2 Å². The molecule has 1 fully saturated rings. The second-order valence-corrected chi connectivity index (χ2v) is 6.47. The van der Waals surface area contributed by atoms with Gasteiger partial charge in [0.2, 0.25) is 0 Å². The Morgan fingerprint density at radius 1 is 1.12 bits per heavy atom. The molecule has 1 saturated heterocycles. The first-order valence-corrected chi connectivity index (χ1v) is 9.27. The van der Waals surface area contributed by atoms with Crippen LogP contribution in [0.2, 0.25) is 0 Å². The van der Waals surface area contributed by atoms with Crippen LogP contribution in [0.5, 0.6) is 5.75 Å². The largest absolute Gasteiger partial charge is 0.497 e. The predicted molar refractivity (Wildman–Crippen MR) is 104 cm³/mol. The van der Waals surface area contributed by atoms with Crippen LogP contribution in [0, 0.1) is 0 Å². The van der Waals surface area contributed by atoms with E-state index in [0.717, 1.165) is 44.4 Å². The molecule has 1 aliphatic heterocycles. The van der Waals surface area contributed by atoms with Crippen molar-refractivity contribution in [1.29, 1.82) is 0 Å². The maximum absolute atomic E-state index is 5.19. The highest BCUT2D eigenvalue weighted by atomic mass is 16.5. The minimum Gasteiger partial charge on any atom is -0.497 e. The third kappa shape index (κ3) is 7.32. The number of benzene rings is 1. The van der Waals surface area contributed by atoms with Crippen molar-refractivity contribution >= 4 is 5.96 Å². The second-order valence-electron chi connectivity index (χ2n) is 6.47. The number of likely N-dealkylation sites (N-methyl/N-ethyl adjacent to an activating group) is 1. The first-order valence-electron chi connectivity index (χ1n) is 9.27. The van der Waals surface area contributed by atoms with Crippen LogP contribution < -0.4 is 15.4 Å². The average Bonchev–Trinajstić information content (AvgIpc) is 2.84. The lowest BCUT2D eigenvalue weighted by atomic mass is 10.2. The number of guanidine groups is 1. The van der Waals surface area contributed by atoms with Crippen molar-refractivity contribution < 1.29 is 4.74 Å². The summed E-state index contributed by atoms with van der Waals surface area (Å²) in [7, 11) is 3.89. The standard InChI is InChI=1S/C19H33N5O/c1-4-20-19(22-16-17-6-8-18(25-3)9-7-17)21-10-13-24-12-5-11-23(2)14-15-24/h6-9H,4-5,10-16H2,1-3H3,(H2,20,21,22). The average molecular weight is 348 g/mol. The summed E-state index contributed by atoms with van der Waals surface area (Å²) < 4.78 is 5.19. The molecule has 0 bridgehead atoms. The smallest absolute Gasteiger partial charge is 0.191 e. The molecule has 2 rings (SSSR count). The molecule has 140 valence electrons. The molecule has 6 nitrogen and oxygen atoms in total. The number of methoxy groups -OCH3 is 1. The van der Waals surface area contributed by atoms with Crippen LogP contribution in [0.3, 0.4) is 0 Å². The van der Waals surface area contributed by atoms with E-state index in [4.69, 9.17) is 4.74 Å². The molecule has 1 aromatic carbocycles. The number of nitrogens with one attached hydrogen (secondary N) is 2. The Morgan fingerprint density at radius 3 is 2.64 bits per heavy atom. The van der Waals surface area contributed by atoms with Gasteiger partial charge in [0, 0.05) is 32.7 Å². The van der Waals surface area contributed by atoms with Crippen LogP contribution in [0.4, 0.5) is 0 Å². The highest BCUT2D eigenvalue weighted by Gasteiger charge is 2.11. The molecule has 6 heteroatoms. The summed E-state index contributed by atoms with van der Waals surface area (Å²) in [5.41, 5.74) is 1.17. The lowest BCUT2D eigenvalue weighted by Crippen LogP contribution is -2.42. The maximum atomic E-state index is 5.19. The molecule has 1 heterocycles.